The third kappa shape index (κ3) is 3.65. The number of nitrogens with one attached hydrogen (secondary N) is 2. The first kappa shape index (κ1) is 17.0. The number of halogens is 3. The molecule has 2 aromatic carbocycles. The molecule has 130 valence electrons. The first-order valence-corrected chi connectivity index (χ1v) is 7.65. The monoisotopic (exact) mass is 348 g/mol. The van der Waals surface area contributed by atoms with Crippen LogP contribution < -0.4 is 10.6 Å². The highest BCUT2D eigenvalue weighted by Crippen LogP contribution is 2.30. The number of carbonyl (C=O) groups excluding carboxylic acids is 2. The smallest absolute Gasteiger partial charge is 0.346 e. The molecule has 2 amide bonds. The van der Waals surface area contributed by atoms with E-state index in [0.717, 1.165) is 17.7 Å². The van der Waals surface area contributed by atoms with Gasteiger partial charge in [-0.3, -0.25) is 9.59 Å². The van der Waals surface area contributed by atoms with Crippen LogP contribution in [0.5, 0.6) is 0 Å². The van der Waals surface area contributed by atoms with E-state index >= 15 is 0 Å². The highest BCUT2D eigenvalue weighted by Gasteiger charge is 2.30. The van der Waals surface area contributed by atoms with Gasteiger partial charge in [0, 0.05) is 11.3 Å². The van der Waals surface area contributed by atoms with Gasteiger partial charge in [-0.05, 0) is 42.3 Å². The predicted molar refractivity (Wildman–Crippen MR) is 86.1 cm³/mol. The summed E-state index contributed by atoms with van der Waals surface area (Å²) in [7, 11) is 0. The maximum Gasteiger partial charge on any atom is 0.416 e. The van der Waals surface area contributed by atoms with Crippen LogP contribution >= 0.6 is 0 Å². The Morgan fingerprint density at radius 3 is 2.48 bits per heavy atom. The lowest BCUT2D eigenvalue weighted by atomic mass is 10.0. The maximum absolute atomic E-state index is 12.6. The van der Waals surface area contributed by atoms with Gasteiger partial charge < -0.3 is 10.6 Å². The molecule has 0 aromatic heterocycles. The second kappa shape index (κ2) is 6.23. The number of benzene rings is 2. The van der Waals surface area contributed by atoms with Crippen LogP contribution in [0.2, 0.25) is 0 Å². The van der Waals surface area contributed by atoms with Crippen molar-refractivity contribution in [2.45, 2.75) is 25.6 Å². The fourth-order valence-corrected chi connectivity index (χ4v) is 2.68. The van der Waals surface area contributed by atoms with Crippen LogP contribution in [0.4, 0.5) is 18.9 Å². The van der Waals surface area contributed by atoms with Crippen molar-refractivity contribution in [2.24, 2.45) is 0 Å². The van der Waals surface area contributed by atoms with Gasteiger partial charge in [-0.15, -0.1) is 0 Å². The summed E-state index contributed by atoms with van der Waals surface area (Å²) in [6, 6.07) is 9.13. The van der Waals surface area contributed by atoms with Crippen LogP contribution in [0, 0.1) is 0 Å². The Kier molecular flexibility index (Phi) is 4.24. The highest BCUT2D eigenvalue weighted by molar-refractivity contribution is 6.02. The molecule has 0 saturated carbocycles. The van der Waals surface area contributed by atoms with Crippen molar-refractivity contribution in [3.8, 4) is 0 Å². The molecular weight excluding hydrogens is 333 g/mol. The third-order valence-corrected chi connectivity index (χ3v) is 4.08. The maximum atomic E-state index is 12.6. The van der Waals surface area contributed by atoms with E-state index in [1.807, 2.05) is 0 Å². The molecule has 0 fully saturated rings. The Balaban J connectivity index is 1.71. The van der Waals surface area contributed by atoms with Crippen molar-refractivity contribution in [3.05, 3.63) is 64.7 Å². The van der Waals surface area contributed by atoms with E-state index in [0.29, 0.717) is 23.2 Å². The van der Waals surface area contributed by atoms with E-state index in [9.17, 15) is 22.8 Å². The third-order valence-electron chi connectivity index (χ3n) is 4.08. The summed E-state index contributed by atoms with van der Waals surface area (Å²) in [6.45, 7) is 1.69. The predicted octanol–water partition coefficient (Wildman–Crippen LogP) is 3.69. The summed E-state index contributed by atoms with van der Waals surface area (Å²) in [5.74, 6) is -0.484. The molecule has 0 spiro atoms. The standard InChI is InChI=1S/C18H15F3N2O2/c1-10(11-4-6-14(7-5-11)18(19,20)21)22-17(25)13-3-2-12-9-16(24)23-15(12)8-13/h2-8,10H,9H2,1H3,(H,22,25)(H,23,24)/t10-/m0/s1. The van der Waals surface area contributed by atoms with E-state index in [4.69, 9.17) is 0 Å². The Hall–Kier alpha value is -2.83. The fraction of sp³-hybridized carbons (Fsp3) is 0.222. The second-order valence-electron chi connectivity index (χ2n) is 5.91. The summed E-state index contributed by atoms with van der Waals surface area (Å²) in [6.07, 6.45) is -4.10. The van der Waals surface area contributed by atoms with Crippen LogP contribution in [0.15, 0.2) is 42.5 Å². The molecule has 25 heavy (non-hydrogen) atoms. The minimum absolute atomic E-state index is 0.120. The highest BCUT2D eigenvalue weighted by atomic mass is 19.4. The zero-order valence-corrected chi connectivity index (χ0v) is 13.3. The molecule has 0 saturated heterocycles. The van der Waals surface area contributed by atoms with Gasteiger partial charge in [0.25, 0.3) is 5.91 Å². The number of alkyl halides is 3. The number of hydrogen-bond donors (Lipinski definition) is 2. The van der Waals surface area contributed by atoms with Gasteiger partial charge in [-0.1, -0.05) is 18.2 Å². The van der Waals surface area contributed by atoms with Crippen molar-refractivity contribution < 1.29 is 22.8 Å². The van der Waals surface area contributed by atoms with Crippen LogP contribution in [0.25, 0.3) is 0 Å². The largest absolute Gasteiger partial charge is 0.416 e. The average molecular weight is 348 g/mol. The molecular formula is C18H15F3N2O2. The number of rotatable bonds is 3. The van der Waals surface area contributed by atoms with Gasteiger partial charge in [0.05, 0.1) is 18.0 Å². The summed E-state index contributed by atoms with van der Waals surface area (Å²) < 4.78 is 37.8. The molecule has 2 aromatic rings. The molecule has 1 atom stereocenters. The quantitative estimate of drug-likeness (QED) is 0.889. The van der Waals surface area contributed by atoms with Crippen LogP contribution in [-0.4, -0.2) is 11.8 Å². The van der Waals surface area contributed by atoms with Gasteiger partial charge in [0.2, 0.25) is 5.91 Å². The fourth-order valence-electron chi connectivity index (χ4n) is 2.68. The summed E-state index contributed by atoms with van der Waals surface area (Å²) in [4.78, 5) is 23.7. The Labute approximate surface area is 142 Å². The van der Waals surface area contributed by atoms with Crippen molar-refractivity contribution >= 4 is 17.5 Å². The zero-order chi connectivity index (χ0) is 18.2. The molecule has 2 N–H and O–H groups in total. The number of anilines is 1. The number of carbonyl (C=O) groups is 2. The molecule has 3 rings (SSSR count). The summed E-state index contributed by atoms with van der Waals surface area (Å²) in [5, 5.41) is 5.41. The Morgan fingerprint density at radius 2 is 1.84 bits per heavy atom. The second-order valence-corrected chi connectivity index (χ2v) is 5.91. The Morgan fingerprint density at radius 1 is 1.16 bits per heavy atom. The SMILES string of the molecule is C[C@H](NC(=O)c1ccc2c(c1)NC(=O)C2)c1ccc(C(F)(F)F)cc1. The first-order valence-electron chi connectivity index (χ1n) is 7.65. The van der Waals surface area contributed by atoms with E-state index in [1.165, 1.54) is 12.1 Å². The molecule has 0 unspecified atom stereocenters. The Bertz CT molecular complexity index is 829. The number of hydrogen-bond acceptors (Lipinski definition) is 2. The van der Waals surface area contributed by atoms with Crippen LogP contribution in [-0.2, 0) is 17.4 Å². The van der Waals surface area contributed by atoms with E-state index in [-0.39, 0.29) is 11.8 Å². The van der Waals surface area contributed by atoms with Crippen molar-refractivity contribution in [1.29, 1.82) is 0 Å². The minimum atomic E-state index is -4.39. The van der Waals surface area contributed by atoms with Crippen molar-refractivity contribution in [3.63, 3.8) is 0 Å². The number of fused-ring (bicyclic) bond motifs is 1. The summed E-state index contributed by atoms with van der Waals surface area (Å²) >= 11 is 0. The van der Waals surface area contributed by atoms with Crippen molar-refractivity contribution in [2.75, 3.05) is 5.32 Å². The van der Waals surface area contributed by atoms with Crippen molar-refractivity contribution in [1.82, 2.24) is 5.32 Å². The lowest BCUT2D eigenvalue weighted by Crippen LogP contribution is -2.26. The van der Waals surface area contributed by atoms with E-state index in [1.54, 1.807) is 25.1 Å². The van der Waals surface area contributed by atoms with Crippen LogP contribution in [0.3, 0.4) is 0 Å². The van der Waals surface area contributed by atoms with Gasteiger partial charge in [-0.2, -0.15) is 13.2 Å². The topological polar surface area (TPSA) is 58.2 Å². The lowest BCUT2D eigenvalue weighted by Gasteiger charge is -2.16. The molecule has 1 heterocycles. The first-order chi connectivity index (χ1) is 11.7. The van der Waals surface area contributed by atoms with Gasteiger partial charge in [0.15, 0.2) is 0 Å². The van der Waals surface area contributed by atoms with E-state index in [2.05, 4.69) is 10.6 Å². The number of amides is 2. The molecule has 1 aliphatic rings. The minimum Gasteiger partial charge on any atom is -0.346 e. The van der Waals surface area contributed by atoms with Crippen LogP contribution in [0.1, 0.15) is 40.0 Å². The molecule has 4 nitrogen and oxygen atoms in total. The normalized spacial score (nSPS) is 14.6. The molecule has 7 heteroatoms. The molecule has 1 aliphatic heterocycles. The summed E-state index contributed by atoms with van der Waals surface area (Å²) in [5.41, 5.74) is 1.65. The molecule has 0 radical (unpaired) electrons. The van der Waals surface area contributed by atoms with E-state index < -0.39 is 17.8 Å². The zero-order valence-electron chi connectivity index (χ0n) is 13.3. The lowest BCUT2D eigenvalue weighted by molar-refractivity contribution is -0.137. The molecule has 0 bridgehead atoms. The average Bonchev–Trinajstić information content (AvgIpc) is 2.93. The van der Waals surface area contributed by atoms with Gasteiger partial charge >= 0.3 is 6.18 Å². The van der Waals surface area contributed by atoms with Gasteiger partial charge in [0.1, 0.15) is 0 Å². The van der Waals surface area contributed by atoms with Gasteiger partial charge in [-0.25, -0.2) is 0 Å². The molecule has 0 aliphatic carbocycles.